The van der Waals surface area contributed by atoms with Crippen LogP contribution in [0.2, 0.25) is 5.02 Å². The maximum Gasteiger partial charge on any atom is 0.255 e. The van der Waals surface area contributed by atoms with Crippen LogP contribution in [0, 0.1) is 12.7 Å². The highest BCUT2D eigenvalue weighted by molar-refractivity contribution is 6.30. The fourth-order valence-corrected chi connectivity index (χ4v) is 3.89. The van der Waals surface area contributed by atoms with Crippen molar-refractivity contribution in [2.24, 2.45) is 0 Å². The Balaban J connectivity index is 1.81. The smallest absolute Gasteiger partial charge is 0.255 e. The molecule has 3 aromatic rings. The zero-order chi connectivity index (χ0) is 20.5. The van der Waals surface area contributed by atoms with Gasteiger partial charge in [0.05, 0.1) is 11.3 Å². The molecule has 29 heavy (non-hydrogen) atoms. The van der Waals surface area contributed by atoms with Gasteiger partial charge in [0.15, 0.2) is 0 Å². The van der Waals surface area contributed by atoms with Crippen LogP contribution in [0.5, 0.6) is 0 Å². The Hall–Kier alpha value is -2.63. The van der Waals surface area contributed by atoms with Gasteiger partial charge in [-0.05, 0) is 62.0 Å². The van der Waals surface area contributed by atoms with Crippen molar-refractivity contribution in [1.29, 1.82) is 0 Å². The Morgan fingerprint density at radius 3 is 2.21 bits per heavy atom. The van der Waals surface area contributed by atoms with Crippen molar-refractivity contribution in [2.75, 3.05) is 33.2 Å². The highest BCUT2D eigenvalue weighted by Crippen LogP contribution is 2.31. The van der Waals surface area contributed by atoms with Crippen LogP contribution in [0.3, 0.4) is 0 Å². The fraction of sp³-hybridized carbons (Fsp3) is 0.261. The van der Waals surface area contributed by atoms with E-state index in [1.807, 2.05) is 46.7 Å². The van der Waals surface area contributed by atoms with E-state index in [4.69, 9.17) is 11.6 Å². The minimum Gasteiger partial charge on any atom is -0.336 e. The van der Waals surface area contributed by atoms with Crippen LogP contribution in [0.15, 0.2) is 54.6 Å². The Bertz CT molecular complexity index is 1020. The van der Waals surface area contributed by atoms with Crippen molar-refractivity contribution >= 4 is 17.5 Å². The molecule has 0 saturated carbocycles. The molecule has 1 fully saturated rings. The van der Waals surface area contributed by atoms with Crippen molar-refractivity contribution in [3.8, 4) is 16.9 Å². The monoisotopic (exact) mass is 411 g/mol. The lowest BCUT2D eigenvalue weighted by Crippen LogP contribution is -2.47. The second-order valence-corrected chi connectivity index (χ2v) is 7.88. The summed E-state index contributed by atoms with van der Waals surface area (Å²) in [6.07, 6.45) is 0. The maximum absolute atomic E-state index is 13.5. The molecule has 6 heteroatoms. The topological polar surface area (TPSA) is 28.5 Å². The van der Waals surface area contributed by atoms with Gasteiger partial charge in [0.1, 0.15) is 5.82 Å². The fourth-order valence-electron chi connectivity index (χ4n) is 3.76. The van der Waals surface area contributed by atoms with E-state index >= 15 is 0 Å². The van der Waals surface area contributed by atoms with Crippen molar-refractivity contribution in [3.05, 3.63) is 76.7 Å². The number of hydrogen-bond donors (Lipinski definition) is 0. The number of aromatic nitrogens is 1. The first-order valence-corrected chi connectivity index (χ1v) is 10.0. The van der Waals surface area contributed by atoms with Gasteiger partial charge in [0.2, 0.25) is 0 Å². The third-order valence-corrected chi connectivity index (χ3v) is 5.74. The normalized spacial score (nSPS) is 15.0. The molecule has 2 aromatic carbocycles. The molecule has 4 nitrogen and oxygen atoms in total. The summed E-state index contributed by atoms with van der Waals surface area (Å²) in [6, 6.07) is 15.8. The summed E-state index contributed by atoms with van der Waals surface area (Å²) < 4.78 is 15.5. The third kappa shape index (κ3) is 3.93. The van der Waals surface area contributed by atoms with Crippen LogP contribution in [-0.2, 0) is 0 Å². The van der Waals surface area contributed by atoms with E-state index in [1.165, 1.54) is 12.1 Å². The summed E-state index contributed by atoms with van der Waals surface area (Å²) in [4.78, 5) is 17.4. The molecule has 0 atom stereocenters. The summed E-state index contributed by atoms with van der Waals surface area (Å²) in [5, 5.41) is 0.652. The number of carbonyl (C=O) groups excluding carboxylic acids is 1. The average Bonchev–Trinajstić information content (AvgIpc) is 3.06. The van der Waals surface area contributed by atoms with Crippen LogP contribution in [0.25, 0.3) is 16.9 Å². The predicted molar refractivity (Wildman–Crippen MR) is 114 cm³/mol. The van der Waals surface area contributed by atoms with Gasteiger partial charge in [-0.2, -0.15) is 0 Å². The number of rotatable bonds is 3. The molecule has 1 aromatic heterocycles. The molecule has 0 aliphatic carbocycles. The standard InChI is InChI=1S/C23H23ClFN3O/c1-16-21(23(29)27-13-11-26(2)12-14-27)15-22(17-3-5-18(24)6-4-17)28(16)20-9-7-19(25)8-10-20/h3-10,15H,11-14H2,1-2H3. The lowest BCUT2D eigenvalue weighted by atomic mass is 10.1. The molecular weight excluding hydrogens is 389 g/mol. The molecule has 0 radical (unpaired) electrons. The van der Waals surface area contributed by atoms with Crippen LogP contribution >= 0.6 is 11.6 Å². The van der Waals surface area contributed by atoms with Crippen molar-refractivity contribution in [3.63, 3.8) is 0 Å². The number of halogens is 2. The minimum absolute atomic E-state index is 0.0340. The van der Waals surface area contributed by atoms with Gasteiger partial charge in [-0.1, -0.05) is 23.7 Å². The third-order valence-electron chi connectivity index (χ3n) is 5.49. The molecule has 0 spiro atoms. The highest BCUT2D eigenvalue weighted by atomic mass is 35.5. The van der Waals surface area contributed by atoms with Crippen LogP contribution in [0.1, 0.15) is 16.1 Å². The molecule has 2 heterocycles. The number of likely N-dealkylation sites (N-methyl/N-ethyl adjacent to an activating group) is 1. The number of hydrogen-bond acceptors (Lipinski definition) is 2. The Labute approximate surface area is 175 Å². The van der Waals surface area contributed by atoms with E-state index in [1.54, 1.807) is 12.1 Å². The average molecular weight is 412 g/mol. The van der Waals surface area contributed by atoms with Gasteiger partial charge in [-0.15, -0.1) is 0 Å². The molecule has 0 bridgehead atoms. The molecule has 0 unspecified atom stereocenters. The summed E-state index contributed by atoms with van der Waals surface area (Å²) in [5.74, 6) is -0.257. The molecular formula is C23H23ClFN3O. The van der Waals surface area contributed by atoms with Gasteiger partial charge in [-0.25, -0.2) is 4.39 Å². The summed E-state index contributed by atoms with van der Waals surface area (Å²) in [5.41, 5.74) is 4.14. The van der Waals surface area contributed by atoms with Crippen molar-refractivity contribution < 1.29 is 9.18 Å². The maximum atomic E-state index is 13.5. The molecule has 1 amide bonds. The van der Waals surface area contributed by atoms with Gasteiger partial charge >= 0.3 is 0 Å². The largest absolute Gasteiger partial charge is 0.336 e. The van der Waals surface area contributed by atoms with Crippen molar-refractivity contribution in [1.82, 2.24) is 14.4 Å². The van der Waals surface area contributed by atoms with Crippen LogP contribution in [0.4, 0.5) is 4.39 Å². The molecule has 4 rings (SSSR count). The zero-order valence-corrected chi connectivity index (χ0v) is 17.3. The van der Waals surface area contributed by atoms with E-state index in [0.29, 0.717) is 23.7 Å². The SMILES string of the molecule is Cc1c(C(=O)N2CCN(C)CC2)cc(-c2ccc(Cl)cc2)n1-c1ccc(F)cc1. The lowest BCUT2D eigenvalue weighted by Gasteiger charge is -2.32. The second kappa shape index (κ2) is 8.01. The van der Waals surface area contributed by atoms with Gasteiger partial charge in [0.25, 0.3) is 5.91 Å². The number of piperazine rings is 1. The Morgan fingerprint density at radius 1 is 0.966 bits per heavy atom. The quantitative estimate of drug-likeness (QED) is 0.628. The van der Waals surface area contributed by atoms with E-state index < -0.39 is 0 Å². The van der Waals surface area contributed by atoms with Gasteiger partial charge < -0.3 is 14.4 Å². The summed E-state index contributed by atoms with van der Waals surface area (Å²) >= 11 is 6.06. The van der Waals surface area contributed by atoms with Crippen LogP contribution in [-0.4, -0.2) is 53.5 Å². The minimum atomic E-state index is -0.291. The number of benzene rings is 2. The van der Waals surface area contributed by atoms with Gasteiger partial charge in [0, 0.05) is 42.6 Å². The Kier molecular flexibility index (Phi) is 5.43. The van der Waals surface area contributed by atoms with E-state index in [0.717, 1.165) is 35.7 Å². The molecule has 150 valence electrons. The predicted octanol–water partition coefficient (Wildman–Crippen LogP) is 4.63. The number of nitrogens with zero attached hydrogens (tertiary/aromatic N) is 3. The van der Waals surface area contributed by atoms with E-state index in [9.17, 15) is 9.18 Å². The molecule has 1 saturated heterocycles. The van der Waals surface area contributed by atoms with E-state index in [-0.39, 0.29) is 11.7 Å². The van der Waals surface area contributed by atoms with Crippen molar-refractivity contribution in [2.45, 2.75) is 6.92 Å². The molecule has 1 aliphatic rings. The number of amides is 1. The van der Waals surface area contributed by atoms with Crippen LogP contribution < -0.4 is 0 Å². The molecule has 1 aliphatic heterocycles. The van der Waals surface area contributed by atoms with Gasteiger partial charge in [-0.3, -0.25) is 4.79 Å². The van der Waals surface area contributed by atoms with E-state index in [2.05, 4.69) is 11.9 Å². The lowest BCUT2D eigenvalue weighted by molar-refractivity contribution is 0.0663. The first-order valence-electron chi connectivity index (χ1n) is 9.66. The Morgan fingerprint density at radius 2 is 1.59 bits per heavy atom. The highest BCUT2D eigenvalue weighted by Gasteiger charge is 2.25. The summed E-state index contributed by atoms with van der Waals surface area (Å²) in [6.45, 7) is 5.10. The molecule has 0 N–H and O–H groups in total. The second-order valence-electron chi connectivity index (χ2n) is 7.44. The number of carbonyl (C=O) groups is 1. The first-order chi connectivity index (χ1) is 13.9. The zero-order valence-electron chi connectivity index (χ0n) is 16.5. The first kappa shape index (κ1) is 19.7. The summed E-state index contributed by atoms with van der Waals surface area (Å²) in [7, 11) is 2.07.